The predicted molar refractivity (Wildman–Crippen MR) is 554 cm³/mol. The number of aliphatic carboxylic acids is 3. The molecule has 762 valence electrons. The van der Waals surface area contributed by atoms with Crippen LogP contribution in [0.15, 0.2) is 291 Å². The van der Waals surface area contributed by atoms with Gasteiger partial charge in [0.05, 0.1) is 49.4 Å². The number of unbranched alkanes of at least 4 members (excludes halogenated alkanes) is 12. The molecular weight excluding hydrogens is 1860 g/mol. The second kappa shape index (κ2) is 58.2. The maximum Gasteiger partial charge on any atom is 0.343 e. The molecule has 0 aliphatic heterocycles. The van der Waals surface area contributed by atoms with Crippen LogP contribution in [0.2, 0.25) is 0 Å². The maximum absolute atomic E-state index is 13.7. The van der Waals surface area contributed by atoms with Gasteiger partial charge in [-0.25, -0.2) is 23.2 Å². The lowest BCUT2D eigenvalue weighted by molar-refractivity contribution is -0.138. The van der Waals surface area contributed by atoms with Crippen LogP contribution < -0.4 is 44.4 Å². The molecule has 0 bridgehead atoms. The fraction of sp³-hybridized carbons (Fsp3) is 0.282. The normalized spacial score (nSPS) is 10.8. The Labute approximate surface area is 849 Å². The summed E-state index contributed by atoms with van der Waals surface area (Å²) >= 11 is 0. The van der Waals surface area contributed by atoms with Gasteiger partial charge in [-0.2, -0.15) is 0 Å². The summed E-state index contributed by atoms with van der Waals surface area (Å²) in [6.45, 7) is 11.5. The number of amides is 6. The molecule has 27 nitrogen and oxygen atoms in total. The molecule has 6 amide bonds. The van der Waals surface area contributed by atoms with Crippen LogP contribution in [0.3, 0.4) is 0 Å². The first-order valence-electron chi connectivity index (χ1n) is 48.8. The van der Waals surface area contributed by atoms with Gasteiger partial charge in [-0.3, -0.25) is 43.2 Å². The Kier molecular flexibility index (Phi) is 44.5. The van der Waals surface area contributed by atoms with Gasteiger partial charge in [-0.05, 0) is 255 Å². The van der Waals surface area contributed by atoms with Crippen molar-refractivity contribution >= 4 is 88.3 Å². The van der Waals surface area contributed by atoms with Crippen LogP contribution in [0.25, 0.3) is 0 Å². The van der Waals surface area contributed by atoms with Crippen molar-refractivity contribution in [3.8, 4) is 34.5 Å². The summed E-state index contributed by atoms with van der Waals surface area (Å²) in [5.74, 6) is -7.76. The Morgan fingerprint density at radius 2 is 0.589 bits per heavy atom. The molecule has 0 spiro atoms. The summed E-state index contributed by atoms with van der Waals surface area (Å²) in [7, 11) is 0. The van der Waals surface area contributed by atoms with Gasteiger partial charge in [0.15, 0.2) is 0 Å². The number of carboxylic acids is 3. The number of anilines is 3. The summed E-state index contributed by atoms with van der Waals surface area (Å²) in [6.07, 6.45) is 17.7. The first-order chi connectivity index (χ1) is 70.3. The molecule has 0 aromatic heterocycles. The van der Waals surface area contributed by atoms with E-state index in [9.17, 15) is 81.6 Å². The standard InChI is InChI=1S/C39H40F2N2O7.2C39H42N2O7/c1-3-4-5-6-7-23-49-33-21-15-29(16-22-33)38(48)50-34-19-11-27(12-20-34)25-43(26-35(44)45)37(47)28-13-17-32(18-14-28)42-36(46)30-9-8-10-31(24-30)39(2,40)41;1-3-4-5-6-7-24-47-34-22-16-32(17-23-34)39(46)48-35-20-12-30(13-21-35)26-41(27-37(43)44)38(45)31-14-18-33(19-15-31)40-36(42)25-29-10-8-28(2)9-11-29;1-3-4-5-6-7-23-47-34-21-15-32(16-22-34)39(46)48-35-19-11-29(12-20-35)26-41(27-37(43)44)38(45)31-13-17-33(18-14-31)40-36(42)25-30-10-8-9-28(2)24-30/h8-22,24H,3-7,23,25-26H2,1-2H3,(H,42,46)(H,44,45);8-23H,3-7,24-27H2,1-2H3,(H,40,42)(H,43,44);8-22,24H,3-7,23,25-27H2,1-2H3,(H,40,42)(H,43,44). The zero-order valence-corrected chi connectivity index (χ0v) is 82.9. The van der Waals surface area contributed by atoms with Gasteiger partial charge < -0.3 is 74.4 Å². The van der Waals surface area contributed by atoms with E-state index in [0.717, 1.165) is 78.7 Å². The van der Waals surface area contributed by atoms with E-state index in [1.165, 1.54) is 110 Å². The third kappa shape index (κ3) is 38.8. The number of hydrogen-bond acceptors (Lipinski definition) is 18. The number of nitrogens with zero attached hydrogens (tertiary/aromatic N) is 3. The monoisotopic (exact) mass is 1990 g/mol. The summed E-state index contributed by atoms with van der Waals surface area (Å²) in [6, 6.07) is 78.7. The van der Waals surface area contributed by atoms with Crippen molar-refractivity contribution in [2.75, 3.05) is 55.4 Å². The van der Waals surface area contributed by atoms with Crippen LogP contribution >= 0.6 is 0 Å². The number of carboxylic acid groups (broad SMARTS) is 3. The zero-order valence-electron chi connectivity index (χ0n) is 82.9. The van der Waals surface area contributed by atoms with E-state index < -0.39 is 85.0 Å². The summed E-state index contributed by atoms with van der Waals surface area (Å²) < 4.78 is 61.2. The van der Waals surface area contributed by atoms with E-state index in [-0.39, 0.29) is 77.9 Å². The van der Waals surface area contributed by atoms with Crippen molar-refractivity contribution in [1.82, 2.24) is 14.7 Å². The first kappa shape index (κ1) is 112. The van der Waals surface area contributed by atoms with Crippen LogP contribution in [0.5, 0.6) is 34.5 Å². The lowest BCUT2D eigenvalue weighted by atomic mass is 10.1. The molecule has 146 heavy (non-hydrogen) atoms. The molecule has 6 N–H and O–H groups in total. The number of carbonyl (C=O) groups is 12. The van der Waals surface area contributed by atoms with Crippen molar-refractivity contribution in [2.24, 2.45) is 0 Å². The molecular formula is C117H124F2N6O21. The average molecular weight is 1990 g/mol. The molecule has 0 saturated carbocycles. The molecule has 0 fully saturated rings. The number of halogens is 2. The lowest BCUT2D eigenvalue weighted by Crippen LogP contribution is -2.35. The van der Waals surface area contributed by atoms with Crippen LogP contribution in [0.1, 0.15) is 241 Å². The Morgan fingerprint density at radius 1 is 0.295 bits per heavy atom. The highest BCUT2D eigenvalue weighted by molar-refractivity contribution is 6.05. The van der Waals surface area contributed by atoms with Crippen molar-refractivity contribution < 1.29 is 110 Å². The van der Waals surface area contributed by atoms with Gasteiger partial charge in [0.2, 0.25) is 11.8 Å². The second-order valence-corrected chi connectivity index (χ2v) is 35.2. The second-order valence-electron chi connectivity index (χ2n) is 35.2. The molecule has 0 radical (unpaired) electrons. The smallest absolute Gasteiger partial charge is 0.343 e. The molecule has 29 heteroatoms. The predicted octanol–water partition coefficient (Wildman–Crippen LogP) is 23.3. The van der Waals surface area contributed by atoms with Gasteiger partial charge in [-0.15, -0.1) is 0 Å². The third-order valence-electron chi connectivity index (χ3n) is 23.0. The van der Waals surface area contributed by atoms with Crippen LogP contribution in [0.4, 0.5) is 25.8 Å². The number of alkyl halides is 2. The Hall–Kier alpha value is -16.5. The van der Waals surface area contributed by atoms with Gasteiger partial charge >= 0.3 is 35.8 Å². The minimum atomic E-state index is -3.11. The lowest BCUT2D eigenvalue weighted by Gasteiger charge is -2.21. The van der Waals surface area contributed by atoms with Crippen LogP contribution in [0, 0.1) is 13.8 Å². The van der Waals surface area contributed by atoms with Crippen LogP contribution in [-0.2, 0) is 62.4 Å². The number of benzene rings is 12. The highest BCUT2D eigenvalue weighted by Crippen LogP contribution is 2.30. The number of carbonyl (C=O) groups excluding carboxylic acids is 9. The molecule has 12 aromatic carbocycles. The number of rotatable bonds is 51. The topological polar surface area (TPSA) is 367 Å². The molecule has 0 aliphatic carbocycles. The zero-order chi connectivity index (χ0) is 105. The van der Waals surface area contributed by atoms with E-state index in [1.807, 2.05) is 62.4 Å². The third-order valence-corrected chi connectivity index (χ3v) is 23.0. The number of hydrogen-bond donors (Lipinski definition) is 6. The first-order valence-corrected chi connectivity index (χ1v) is 48.8. The molecule has 12 aromatic rings. The van der Waals surface area contributed by atoms with Gasteiger partial charge in [0, 0.05) is 71.4 Å². The Morgan fingerprint density at radius 3 is 0.904 bits per heavy atom. The number of esters is 3. The SMILES string of the molecule is CCCCCCCOc1ccc(C(=O)Oc2ccc(CN(CC(=O)O)C(=O)c3ccc(NC(=O)Cc4ccc(C)cc4)cc3)cc2)cc1.CCCCCCCOc1ccc(C(=O)Oc2ccc(CN(CC(=O)O)C(=O)c3ccc(NC(=O)Cc4cccc(C)c4)cc3)cc2)cc1.CCCCCCCOc1ccc(C(=O)Oc2ccc(CN(CC(=O)O)C(=O)c3ccc(NC(=O)c4cccc(C(C)(F)F)c4)cc3)cc2)cc1. The molecule has 0 atom stereocenters. The Bertz CT molecular complexity index is 6290. The van der Waals surface area contributed by atoms with E-state index in [1.54, 1.807) is 194 Å². The molecule has 0 saturated heterocycles. The van der Waals surface area contributed by atoms with Crippen molar-refractivity contribution in [3.63, 3.8) is 0 Å². The van der Waals surface area contributed by atoms with E-state index in [0.29, 0.717) is 99.0 Å². The van der Waals surface area contributed by atoms with E-state index in [4.69, 9.17) is 28.4 Å². The van der Waals surface area contributed by atoms with Crippen molar-refractivity contribution in [1.29, 1.82) is 0 Å². The minimum absolute atomic E-state index is 0.0222. The van der Waals surface area contributed by atoms with Gasteiger partial charge in [0.25, 0.3) is 29.6 Å². The number of nitrogens with one attached hydrogen (secondary N) is 3. The number of ether oxygens (including phenoxy) is 6. The summed E-state index contributed by atoms with van der Waals surface area (Å²) in [4.78, 5) is 154. The number of aryl methyl sites for hydroxylation is 2. The van der Waals surface area contributed by atoms with Crippen molar-refractivity contribution in [2.45, 2.75) is 176 Å². The molecule has 0 unspecified atom stereocenters. The minimum Gasteiger partial charge on any atom is -0.494 e. The van der Waals surface area contributed by atoms with Crippen LogP contribution in [-0.4, -0.2) is 141 Å². The quantitative estimate of drug-likeness (QED) is 0.0117. The summed E-state index contributed by atoms with van der Waals surface area (Å²) in [5, 5.41) is 36.7. The average Bonchev–Trinajstić information content (AvgIpc) is 0.845. The maximum atomic E-state index is 13.7. The highest BCUT2D eigenvalue weighted by atomic mass is 19.3. The molecule has 0 heterocycles. The fourth-order valence-electron chi connectivity index (χ4n) is 15.1. The van der Waals surface area contributed by atoms with E-state index >= 15 is 0 Å². The summed E-state index contributed by atoms with van der Waals surface area (Å²) in [5.41, 5.74) is 8.82. The Balaban J connectivity index is 0.000000224. The van der Waals surface area contributed by atoms with E-state index in [2.05, 4.69) is 36.7 Å². The highest BCUT2D eigenvalue weighted by Gasteiger charge is 2.28. The van der Waals surface area contributed by atoms with Gasteiger partial charge in [0.1, 0.15) is 54.1 Å². The molecule has 12 rings (SSSR count). The largest absolute Gasteiger partial charge is 0.494 e. The fourth-order valence-corrected chi connectivity index (χ4v) is 15.1. The molecule has 0 aliphatic rings. The van der Waals surface area contributed by atoms with Crippen molar-refractivity contribution in [3.05, 3.63) is 375 Å². The van der Waals surface area contributed by atoms with Gasteiger partial charge in [-0.1, -0.05) is 206 Å².